The first kappa shape index (κ1) is 22.9. The lowest BCUT2D eigenvalue weighted by Crippen LogP contribution is -2.35. The first-order chi connectivity index (χ1) is 14.6. The molecule has 3 rings (SSSR count). The summed E-state index contributed by atoms with van der Waals surface area (Å²) >= 11 is 5.91. The predicted molar refractivity (Wildman–Crippen MR) is 116 cm³/mol. The summed E-state index contributed by atoms with van der Waals surface area (Å²) in [5, 5.41) is 4.49. The Morgan fingerprint density at radius 1 is 1.13 bits per heavy atom. The molecule has 0 spiro atoms. The number of alkyl halides is 2. The number of carbonyl (C=O) groups is 1. The number of hydrogen-bond acceptors (Lipinski definition) is 4. The fraction of sp³-hybridized carbons (Fsp3) is 0.238. The van der Waals surface area contributed by atoms with Crippen molar-refractivity contribution in [3.8, 4) is 16.9 Å². The molecule has 0 N–H and O–H groups in total. The maximum Gasteiger partial charge on any atom is 0.282 e. The maximum absolute atomic E-state index is 13.3. The molecule has 1 amide bonds. The van der Waals surface area contributed by atoms with E-state index in [2.05, 4.69) is 5.10 Å². The normalized spacial score (nSPS) is 11.7. The number of anilines is 1. The summed E-state index contributed by atoms with van der Waals surface area (Å²) < 4.78 is 53.0. The Labute approximate surface area is 184 Å². The van der Waals surface area contributed by atoms with Gasteiger partial charge < -0.3 is 0 Å². The third-order valence-electron chi connectivity index (χ3n) is 4.44. The molecule has 10 heteroatoms. The van der Waals surface area contributed by atoms with Crippen molar-refractivity contribution in [1.29, 1.82) is 0 Å². The van der Waals surface area contributed by atoms with Gasteiger partial charge in [0.1, 0.15) is 5.69 Å². The van der Waals surface area contributed by atoms with Gasteiger partial charge in [0.2, 0.25) is 15.9 Å². The molecule has 6 nitrogen and oxygen atoms in total. The Bertz CT molecular complexity index is 1180. The molecule has 3 aromatic rings. The van der Waals surface area contributed by atoms with E-state index in [1.54, 1.807) is 43.3 Å². The molecule has 31 heavy (non-hydrogen) atoms. The molecule has 0 aliphatic carbocycles. The summed E-state index contributed by atoms with van der Waals surface area (Å²) in [5.74, 6) is -0.538. The van der Waals surface area contributed by atoms with Crippen LogP contribution < -0.4 is 4.31 Å². The van der Waals surface area contributed by atoms with Gasteiger partial charge in [-0.3, -0.25) is 4.79 Å². The standard InChI is InChI=1S/C21H20ClF2N3O3S/c1-3-4-20(28)27(31(2,29)30)17-9-5-14(6-10-17)19-13-18(21(23)24)25-26(19)16-11-7-15(22)8-12-16/h5-13,21H,3-4H2,1-2H3. The Balaban J connectivity index is 2.06. The summed E-state index contributed by atoms with van der Waals surface area (Å²) in [4.78, 5) is 12.3. The van der Waals surface area contributed by atoms with Crippen molar-refractivity contribution in [2.75, 3.05) is 10.6 Å². The van der Waals surface area contributed by atoms with Gasteiger partial charge >= 0.3 is 0 Å². The van der Waals surface area contributed by atoms with Crippen molar-refractivity contribution in [3.63, 3.8) is 0 Å². The molecule has 0 saturated heterocycles. The molecule has 2 aromatic carbocycles. The molecule has 1 heterocycles. The number of amides is 1. The molecule has 1 aromatic heterocycles. The number of halogens is 3. The lowest BCUT2D eigenvalue weighted by molar-refractivity contribution is -0.117. The third kappa shape index (κ3) is 5.11. The topological polar surface area (TPSA) is 72.3 Å². The van der Waals surface area contributed by atoms with Crippen molar-refractivity contribution in [2.45, 2.75) is 26.2 Å². The van der Waals surface area contributed by atoms with Gasteiger partial charge in [0.25, 0.3) is 6.43 Å². The largest absolute Gasteiger partial charge is 0.282 e. The van der Waals surface area contributed by atoms with Crippen LogP contribution in [0.1, 0.15) is 31.9 Å². The number of sulfonamides is 1. The van der Waals surface area contributed by atoms with E-state index in [0.717, 1.165) is 10.6 Å². The van der Waals surface area contributed by atoms with Crippen LogP contribution in [0.5, 0.6) is 0 Å². The molecule has 0 saturated carbocycles. The second-order valence-electron chi connectivity index (χ2n) is 6.86. The van der Waals surface area contributed by atoms with Crippen LogP contribution in [0.3, 0.4) is 0 Å². The van der Waals surface area contributed by atoms with Gasteiger partial charge in [-0.1, -0.05) is 30.7 Å². The van der Waals surface area contributed by atoms with Gasteiger partial charge in [-0.15, -0.1) is 0 Å². The second-order valence-corrected chi connectivity index (χ2v) is 9.13. The van der Waals surface area contributed by atoms with Crippen molar-refractivity contribution < 1.29 is 22.0 Å². The van der Waals surface area contributed by atoms with Crippen molar-refractivity contribution in [2.24, 2.45) is 0 Å². The first-order valence-corrected chi connectivity index (χ1v) is 11.6. The monoisotopic (exact) mass is 467 g/mol. The molecule has 0 radical (unpaired) electrons. The highest BCUT2D eigenvalue weighted by Gasteiger charge is 2.25. The van der Waals surface area contributed by atoms with Crippen LogP contribution in [0.4, 0.5) is 14.5 Å². The summed E-state index contributed by atoms with van der Waals surface area (Å²) in [6.07, 6.45) is -1.23. The van der Waals surface area contributed by atoms with E-state index in [4.69, 9.17) is 11.6 Å². The van der Waals surface area contributed by atoms with Gasteiger partial charge in [-0.2, -0.15) is 5.10 Å². The van der Waals surface area contributed by atoms with E-state index in [1.807, 2.05) is 0 Å². The minimum atomic E-state index is -3.82. The van der Waals surface area contributed by atoms with Gasteiger partial charge in [0.05, 0.1) is 23.3 Å². The van der Waals surface area contributed by atoms with Crippen molar-refractivity contribution in [1.82, 2.24) is 9.78 Å². The quantitative estimate of drug-likeness (QED) is 0.477. The lowest BCUT2D eigenvalue weighted by atomic mass is 10.1. The van der Waals surface area contributed by atoms with E-state index >= 15 is 0 Å². The van der Waals surface area contributed by atoms with Crippen LogP contribution in [0.15, 0.2) is 54.6 Å². The Kier molecular flexibility index (Phi) is 6.76. The zero-order chi connectivity index (χ0) is 22.8. The van der Waals surface area contributed by atoms with Crippen LogP contribution in [0.2, 0.25) is 5.02 Å². The lowest BCUT2D eigenvalue weighted by Gasteiger charge is -2.20. The van der Waals surface area contributed by atoms with Gasteiger partial charge in [0, 0.05) is 17.0 Å². The van der Waals surface area contributed by atoms with Crippen LogP contribution in [-0.2, 0) is 14.8 Å². The summed E-state index contributed by atoms with van der Waals surface area (Å²) in [6, 6.07) is 13.9. The minimum Gasteiger partial charge on any atom is -0.273 e. The zero-order valence-electron chi connectivity index (χ0n) is 16.8. The van der Waals surface area contributed by atoms with Crippen LogP contribution in [-0.4, -0.2) is 30.4 Å². The van der Waals surface area contributed by atoms with E-state index in [-0.39, 0.29) is 12.1 Å². The number of carbonyl (C=O) groups excluding carboxylic acids is 1. The van der Waals surface area contributed by atoms with Gasteiger partial charge in [-0.05, 0) is 48.9 Å². The predicted octanol–water partition coefficient (Wildman–Crippen LogP) is 5.22. The molecule has 164 valence electrons. The average Bonchev–Trinajstić information content (AvgIpc) is 3.14. The minimum absolute atomic E-state index is 0.0793. The van der Waals surface area contributed by atoms with Gasteiger partial charge in [-0.25, -0.2) is 26.2 Å². The average molecular weight is 468 g/mol. The van der Waals surface area contributed by atoms with Crippen LogP contribution in [0.25, 0.3) is 16.9 Å². The molecule has 0 unspecified atom stereocenters. The molecule has 0 bridgehead atoms. The van der Waals surface area contributed by atoms with Gasteiger partial charge in [0.15, 0.2) is 0 Å². The molecule has 0 fully saturated rings. The van der Waals surface area contributed by atoms with E-state index < -0.39 is 28.0 Å². The fourth-order valence-electron chi connectivity index (χ4n) is 3.09. The Hall–Kier alpha value is -2.78. The first-order valence-electron chi connectivity index (χ1n) is 9.39. The smallest absolute Gasteiger partial charge is 0.273 e. The third-order valence-corrected chi connectivity index (χ3v) is 5.77. The van der Waals surface area contributed by atoms with Crippen LogP contribution >= 0.6 is 11.6 Å². The second kappa shape index (κ2) is 9.15. The highest BCUT2D eigenvalue weighted by molar-refractivity contribution is 7.92. The summed E-state index contributed by atoms with van der Waals surface area (Å²) in [5.41, 5.74) is 1.22. The molecular weight excluding hydrogens is 448 g/mol. The van der Waals surface area contributed by atoms with Crippen LogP contribution in [0, 0.1) is 0 Å². The molecule has 0 aliphatic heterocycles. The van der Waals surface area contributed by atoms with E-state index in [1.165, 1.54) is 22.9 Å². The number of rotatable bonds is 7. The fourth-order valence-corrected chi connectivity index (χ4v) is 4.19. The molecule has 0 aliphatic rings. The zero-order valence-corrected chi connectivity index (χ0v) is 18.4. The highest BCUT2D eigenvalue weighted by atomic mass is 35.5. The van der Waals surface area contributed by atoms with E-state index in [9.17, 15) is 22.0 Å². The number of hydrogen-bond donors (Lipinski definition) is 0. The number of nitrogens with zero attached hydrogens (tertiary/aromatic N) is 3. The number of benzene rings is 2. The molecular formula is C21H20ClF2N3O3S. The SMILES string of the molecule is CCCC(=O)N(c1ccc(-c2cc(C(F)F)nn2-c2ccc(Cl)cc2)cc1)S(C)(=O)=O. The molecule has 0 atom stereocenters. The summed E-state index contributed by atoms with van der Waals surface area (Å²) in [6.45, 7) is 1.78. The van der Waals surface area contributed by atoms with Crippen molar-refractivity contribution in [3.05, 3.63) is 65.3 Å². The Morgan fingerprint density at radius 3 is 2.26 bits per heavy atom. The van der Waals surface area contributed by atoms with Crippen molar-refractivity contribution >= 4 is 33.2 Å². The van der Waals surface area contributed by atoms with E-state index in [0.29, 0.717) is 28.4 Å². The maximum atomic E-state index is 13.3. The summed E-state index contributed by atoms with van der Waals surface area (Å²) in [7, 11) is -3.82. The number of aromatic nitrogens is 2. The highest BCUT2D eigenvalue weighted by Crippen LogP contribution is 2.30. The Morgan fingerprint density at radius 2 is 1.74 bits per heavy atom.